The number of halogens is 1. The predicted molar refractivity (Wildman–Crippen MR) is 91.0 cm³/mol. The van der Waals surface area contributed by atoms with Crippen molar-refractivity contribution in [1.29, 1.82) is 0 Å². The molecule has 0 atom stereocenters. The topological polar surface area (TPSA) is 63.7 Å². The van der Waals surface area contributed by atoms with Crippen molar-refractivity contribution in [3.63, 3.8) is 0 Å². The number of ether oxygens (including phenoxy) is 2. The standard InChI is InChI=1S/C18H20FN3O3/c19-15-2-4-16(5-3-15)25-13-18(23)21-12-14-1-6-17(20-11-14)22-7-9-24-10-8-22/h1-6,11H,7-10,12-13H2,(H,21,23). The fourth-order valence-corrected chi connectivity index (χ4v) is 2.43. The number of anilines is 1. The summed E-state index contributed by atoms with van der Waals surface area (Å²) >= 11 is 0. The third kappa shape index (κ3) is 5.15. The van der Waals surface area contributed by atoms with Gasteiger partial charge >= 0.3 is 0 Å². The molecule has 1 N–H and O–H groups in total. The molecule has 6 nitrogen and oxygen atoms in total. The van der Waals surface area contributed by atoms with E-state index in [2.05, 4.69) is 15.2 Å². The van der Waals surface area contributed by atoms with Gasteiger partial charge in [0.2, 0.25) is 0 Å². The van der Waals surface area contributed by atoms with E-state index >= 15 is 0 Å². The van der Waals surface area contributed by atoms with Gasteiger partial charge in [0.25, 0.3) is 5.91 Å². The minimum absolute atomic E-state index is 0.120. The lowest BCUT2D eigenvalue weighted by Crippen LogP contribution is -2.36. The molecule has 0 bridgehead atoms. The minimum Gasteiger partial charge on any atom is -0.484 e. The molecule has 2 aromatic rings. The third-order valence-corrected chi connectivity index (χ3v) is 3.82. The highest BCUT2D eigenvalue weighted by molar-refractivity contribution is 5.77. The van der Waals surface area contributed by atoms with Gasteiger partial charge in [0.1, 0.15) is 17.4 Å². The van der Waals surface area contributed by atoms with Gasteiger partial charge in [-0.15, -0.1) is 0 Å². The summed E-state index contributed by atoms with van der Waals surface area (Å²) in [4.78, 5) is 18.4. The molecule has 25 heavy (non-hydrogen) atoms. The molecule has 1 aliphatic heterocycles. The van der Waals surface area contributed by atoms with Crippen molar-refractivity contribution in [3.05, 3.63) is 54.0 Å². The van der Waals surface area contributed by atoms with Crippen molar-refractivity contribution in [2.45, 2.75) is 6.54 Å². The summed E-state index contributed by atoms with van der Waals surface area (Å²) in [7, 11) is 0. The summed E-state index contributed by atoms with van der Waals surface area (Å²) in [6.45, 7) is 3.36. The Morgan fingerprint density at radius 3 is 2.64 bits per heavy atom. The van der Waals surface area contributed by atoms with Gasteiger partial charge in [-0.2, -0.15) is 0 Å². The van der Waals surface area contributed by atoms with Crippen molar-refractivity contribution >= 4 is 11.7 Å². The predicted octanol–water partition coefficient (Wildman–Crippen LogP) is 1.75. The Morgan fingerprint density at radius 1 is 1.20 bits per heavy atom. The van der Waals surface area contributed by atoms with Gasteiger partial charge in [0.05, 0.1) is 13.2 Å². The van der Waals surface area contributed by atoms with Gasteiger partial charge in [-0.25, -0.2) is 9.37 Å². The highest BCUT2D eigenvalue weighted by atomic mass is 19.1. The first kappa shape index (κ1) is 17.2. The Balaban J connectivity index is 1.43. The van der Waals surface area contributed by atoms with E-state index in [4.69, 9.17) is 9.47 Å². The molecule has 0 aliphatic carbocycles. The molecule has 0 saturated carbocycles. The molecule has 1 fully saturated rings. The average Bonchev–Trinajstić information content (AvgIpc) is 2.67. The Hall–Kier alpha value is -2.67. The molecule has 1 aliphatic rings. The van der Waals surface area contributed by atoms with Gasteiger partial charge in [-0.1, -0.05) is 6.07 Å². The Kier molecular flexibility index (Phi) is 5.79. The van der Waals surface area contributed by atoms with Crippen LogP contribution in [0.5, 0.6) is 5.75 Å². The normalized spacial score (nSPS) is 14.2. The number of benzene rings is 1. The molecule has 1 saturated heterocycles. The Bertz CT molecular complexity index is 686. The number of aromatic nitrogens is 1. The maximum absolute atomic E-state index is 12.8. The molecule has 0 radical (unpaired) electrons. The SMILES string of the molecule is O=C(COc1ccc(F)cc1)NCc1ccc(N2CCOCC2)nc1. The summed E-state index contributed by atoms with van der Waals surface area (Å²) in [6, 6.07) is 9.43. The van der Waals surface area contributed by atoms with E-state index in [0.29, 0.717) is 25.5 Å². The maximum atomic E-state index is 12.8. The number of carbonyl (C=O) groups is 1. The molecule has 132 valence electrons. The van der Waals surface area contributed by atoms with E-state index < -0.39 is 0 Å². The minimum atomic E-state index is -0.343. The second-order valence-corrected chi connectivity index (χ2v) is 5.64. The highest BCUT2D eigenvalue weighted by Gasteiger charge is 2.12. The number of hydrogen-bond donors (Lipinski definition) is 1. The lowest BCUT2D eigenvalue weighted by atomic mass is 10.2. The van der Waals surface area contributed by atoms with Crippen LogP contribution < -0.4 is 15.0 Å². The van der Waals surface area contributed by atoms with Gasteiger partial charge in [0, 0.05) is 25.8 Å². The van der Waals surface area contributed by atoms with E-state index in [0.717, 1.165) is 24.5 Å². The van der Waals surface area contributed by atoms with Crippen LogP contribution >= 0.6 is 0 Å². The summed E-state index contributed by atoms with van der Waals surface area (Å²) in [5, 5.41) is 2.77. The molecule has 0 spiro atoms. The van der Waals surface area contributed by atoms with Crippen LogP contribution in [0.4, 0.5) is 10.2 Å². The zero-order valence-corrected chi connectivity index (χ0v) is 13.8. The monoisotopic (exact) mass is 345 g/mol. The third-order valence-electron chi connectivity index (χ3n) is 3.82. The second-order valence-electron chi connectivity index (χ2n) is 5.64. The summed E-state index contributed by atoms with van der Waals surface area (Å²) in [5.41, 5.74) is 0.909. The fourth-order valence-electron chi connectivity index (χ4n) is 2.43. The lowest BCUT2D eigenvalue weighted by molar-refractivity contribution is -0.123. The van der Waals surface area contributed by atoms with E-state index in [1.165, 1.54) is 24.3 Å². The largest absolute Gasteiger partial charge is 0.484 e. The average molecular weight is 345 g/mol. The lowest BCUT2D eigenvalue weighted by Gasteiger charge is -2.27. The van der Waals surface area contributed by atoms with Crippen LogP contribution in [-0.2, 0) is 16.1 Å². The molecule has 2 heterocycles. The molecule has 7 heteroatoms. The van der Waals surface area contributed by atoms with Crippen molar-refractivity contribution in [2.24, 2.45) is 0 Å². The highest BCUT2D eigenvalue weighted by Crippen LogP contribution is 2.13. The number of nitrogens with one attached hydrogen (secondary N) is 1. The quantitative estimate of drug-likeness (QED) is 0.864. The van der Waals surface area contributed by atoms with Gasteiger partial charge < -0.3 is 19.7 Å². The van der Waals surface area contributed by atoms with Crippen LogP contribution in [0.1, 0.15) is 5.56 Å². The van der Waals surface area contributed by atoms with Crippen LogP contribution in [0.15, 0.2) is 42.6 Å². The number of nitrogens with zero attached hydrogens (tertiary/aromatic N) is 2. The Morgan fingerprint density at radius 2 is 1.96 bits per heavy atom. The molecule has 0 unspecified atom stereocenters. The first-order chi connectivity index (χ1) is 12.2. The zero-order valence-electron chi connectivity index (χ0n) is 13.8. The van der Waals surface area contributed by atoms with E-state index in [9.17, 15) is 9.18 Å². The summed E-state index contributed by atoms with van der Waals surface area (Å²) < 4.78 is 23.4. The van der Waals surface area contributed by atoms with Crippen LogP contribution in [0.2, 0.25) is 0 Å². The zero-order chi connectivity index (χ0) is 17.5. The molecular weight excluding hydrogens is 325 g/mol. The maximum Gasteiger partial charge on any atom is 0.258 e. The van der Waals surface area contributed by atoms with Crippen LogP contribution in [0.25, 0.3) is 0 Å². The van der Waals surface area contributed by atoms with Crippen molar-refractivity contribution in [2.75, 3.05) is 37.8 Å². The number of hydrogen-bond acceptors (Lipinski definition) is 5. The second kappa shape index (κ2) is 8.43. The molecular formula is C18H20FN3O3. The number of carbonyl (C=O) groups excluding carboxylic acids is 1. The number of pyridine rings is 1. The van der Waals surface area contributed by atoms with Gasteiger partial charge in [-0.05, 0) is 35.9 Å². The van der Waals surface area contributed by atoms with E-state index in [1.807, 2.05) is 12.1 Å². The van der Waals surface area contributed by atoms with Crippen LogP contribution in [-0.4, -0.2) is 43.8 Å². The Labute approximate surface area is 145 Å². The van der Waals surface area contributed by atoms with E-state index in [1.54, 1.807) is 6.20 Å². The van der Waals surface area contributed by atoms with Crippen molar-refractivity contribution < 1.29 is 18.7 Å². The smallest absolute Gasteiger partial charge is 0.258 e. The van der Waals surface area contributed by atoms with Crippen molar-refractivity contribution in [1.82, 2.24) is 10.3 Å². The molecule has 1 aromatic heterocycles. The first-order valence-electron chi connectivity index (χ1n) is 8.13. The fraction of sp³-hybridized carbons (Fsp3) is 0.333. The number of amides is 1. The van der Waals surface area contributed by atoms with Crippen LogP contribution in [0, 0.1) is 5.82 Å². The van der Waals surface area contributed by atoms with Gasteiger partial charge in [-0.3, -0.25) is 4.79 Å². The molecule has 1 amide bonds. The van der Waals surface area contributed by atoms with Crippen molar-refractivity contribution in [3.8, 4) is 5.75 Å². The molecule has 1 aromatic carbocycles. The first-order valence-corrected chi connectivity index (χ1v) is 8.13. The van der Waals surface area contributed by atoms with E-state index in [-0.39, 0.29) is 18.3 Å². The number of rotatable bonds is 6. The van der Waals surface area contributed by atoms with Gasteiger partial charge in [0.15, 0.2) is 6.61 Å². The summed E-state index contributed by atoms with van der Waals surface area (Å²) in [6.07, 6.45) is 1.76. The number of morpholine rings is 1. The van der Waals surface area contributed by atoms with Crippen LogP contribution in [0.3, 0.4) is 0 Å². The summed E-state index contributed by atoms with van der Waals surface area (Å²) in [5.74, 6) is 0.775. The molecule has 3 rings (SSSR count).